The van der Waals surface area contributed by atoms with Gasteiger partial charge in [-0.1, -0.05) is 54.1 Å². The molecule has 1 fully saturated rings. The summed E-state index contributed by atoms with van der Waals surface area (Å²) in [5.41, 5.74) is 0.417. The van der Waals surface area contributed by atoms with E-state index < -0.39 is 23.9 Å². The normalized spacial score (nSPS) is 15.4. The van der Waals surface area contributed by atoms with E-state index in [1.165, 1.54) is 6.92 Å². The van der Waals surface area contributed by atoms with E-state index in [1.54, 1.807) is 29.2 Å². The number of anilines is 1. The van der Waals surface area contributed by atoms with Crippen molar-refractivity contribution in [3.63, 3.8) is 0 Å². The van der Waals surface area contributed by atoms with Crippen LogP contribution in [0.25, 0.3) is 0 Å². The summed E-state index contributed by atoms with van der Waals surface area (Å²) in [6, 6.07) is 16.2. The van der Waals surface area contributed by atoms with Crippen LogP contribution < -0.4 is 5.32 Å². The van der Waals surface area contributed by atoms with Crippen LogP contribution in [-0.4, -0.2) is 42.4 Å². The zero-order chi connectivity index (χ0) is 20.9. The molecule has 0 saturated carbocycles. The van der Waals surface area contributed by atoms with Crippen LogP contribution in [-0.2, 0) is 24.5 Å². The predicted molar refractivity (Wildman–Crippen MR) is 111 cm³/mol. The van der Waals surface area contributed by atoms with Gasteiger partial charge in [0.25, 0.3) is 5.91 Å². The van der Waals surface area contributed by atoms with E-state index in [-0.39, 0.29) is 5.91 Å². The van der Waals surface area contributed by atoms with Gasteiger partial charge in [0.15, 0.2) is 6.61 Å². The van der Waals surface area contributed by atoms with Crippen LogP contribution in [0.1, 0.15) is 25.3 Å². The molecule has 1 saturated heterocycles. The second kappa shape index (κ2) is 9.09. The Morgan fingerprint density at radius 1 is 1.03 bits per heavy atom. The molecule has 152 valence electrons. The number of ether oxygens (including phenoxy) is 1. The van der Waals surface area contributed by atoms with Gasteiger partial charge in [-0.2, -0.15) is 0 Å². The minimum absolute atomic E-state index is 0.0147. The van der Waals surface area contributed by atoms with Crippen LogP contribution in [0.5, 0.6) is 0 Å². The van der Waals surface area contributed by atoms with Crippen LogP contribution in [0.2, 0.25) is 5.02 Å². The molecule has 0 unspecified atom stereocenters. The summed E-state index contributed by atoms with van der Waals surface area (Å²) in [5, 5.41) is 3.05. The Morgan fingerprint density at radius 3 is 2.28 bits per heavy atom. The number of piperidine rings is 1. The van der Waals surface area contributed by atoms with Crippen LogP contribution in [0.3, 0.4) is 0 Å². The molecule has 1 aliphatic rings. The number of benzene rings is 2. The van der Waals surface area contributed by atoms with Crippen molar-refractivity contribution < 1.29 is 19.1 Å². The molecule has 0 radical (unpaired) electrons. The Morgan fingerprint density at radius 2 is 1.66 bits per heavy atom. The SMILES string of the molecule is CC(=O)N1CCC(C(=O)OCC(=O)Nc2ccccc2Cl)(c2ccccc2)CC1. The number of rotatable bonds is 5. The van der Waals surface area contributed by atoms with Gasteiger partial charge in [-0.3, -0.25) is 14.4 Å². The van der Waals surface area contributed by atoms with Crippen molar-refractivity contribution in [2.24, 2.45) is 0 Å². The lowest BCUT2D eigenvalue weighted by Crippen LogP contribution is -2.49. The third kappa shape index (κ3) is 4.77. The average Bonchev–Trinajstić information content (AvgIpc) is 2.74. The van der Waals surface area contributed by atoms with Gasteiger partial charge in [-0.15, -0.1) is 0 Å². The summed E-state index contributed by atoms with van der Waals surface area (Å²) >= 11 is 6.04. The molecule has 6 nitrogen and oxygen atoms in total. The quantitative estimate of drug-likeness (QED) is 0.761. The summed E-state index contributed by atoms with van der Waals surface area (Å²) in [7, 11) is 0. The van der Waals surface area contributed by atoms with E-state index in [0.717, 1.165) is 5.56 Å². The molecule has 0 aliphatic carbocycles. The zero-order valence-corrected chi connectivity index (χ0v) is 16.9. The van der Waals surface area contributed by atoms with Crippen molar-refractivity contribution in [2.45, 2.75) is 25.2 Å². The standard InChI is InChI=1S/C22H23ClN2O4/c1-16(26)25-13-11-22(12-14-25,17-7-3-2-4-8-17)21(28)29-15-20(27)24-19-10-6-5-9-18(19)23/h2-10H,11-15H2,1H3,(H,24,27). The molecular formula is C22H23ClN2O4. The van der Waals surface area contributed by atoms with Crippen LogP contribution in [0, 0.1) is 0 Å². The van der Waals surface area contributed by atoms with Gasteiger partial charge in [0.05, 0.1) is 16.1 Å². The highest BCUT2D eigenvalue weighted by Gasteiger charge is 2.44. The largest absolute Gasteiger partial charge is 0.455 e. The summed E-state index contributed by atoms with van der Waals surface area (Å²) in [6.07, 6.45) is 0.892. The molecule has 1 N–H and O–H groups in total. The minimum atomic E-state index is -0.877. The summed E-state index contributed by atoms with van der Waals surface area (Å²) in [6.45, 7) is 2.04. The predicted octanol–water partition coefficient (Wildman–Crippen LogP) is 3.40. The van der Waals surface area contributed by atoms with Crippen molar-refractivity contribution >= 4 is 35.1 Å². The van der Waals surface area contributed by atoms with Gasteiger partial charge in [0, 0.05) is 20.0 Å². The number of para-hydroxylation sites is 1. The number of halogens is 1. The first-order valence-electron chi connectivity index (χ1n) is 9.45. The number of carbonyl (C=O) groups excluding carboxylic acids is 3. The molecule has 29 heavy (non-hydrogen) atoms. The highest BCUT2D eigenvalue weighted by Crippen LogP contribution is 2.37. The van der Waals surface area contributed by atoms with Gasteiger partial charge >= 0.3 is 5.97 Å². The number of esters is 1. The fourth-order valence-corrected chi connectivity index (χ4v) is 3.77. The summed E-state index contributed by atoms with van der Waals surface area (Å²) in [5.74, 6) is -0.934. The van der Waals surface area contributed by atoms with Crippen molar-refractivity contribution in [3.8, 4) is 0 Å². The maximum atomic E-state index is 13.1. The highest BCUT2D eigenvalue weighted by molar-refractivity contribution is 6.33. The van der Waals surface area contributed by atoms with E-state index in [2.05, 4.69) is 5.32 Å². The Kier molecular flexibility index (Phi) is 6.54. The zero-order valence-electron chi connectivity index (χ0n) is 16.2. The highest BCUT2D eigenvalue weighted by atomic mass is 35.5. The fourth-order valence-electron chi connectivity index (χ4n) is 3.59. The lowest BCUT2D eigenvalue weighted by atomic mass is 9.72. The molecule has 1 aliphatic heterocycles. The molecular weight excluding hydrogens is 392 g/mol. The van der Waals surface area contributed by atoms with Gasteiger partial charge in [0.1, 0.15) is 0 Å². The third-order valence-corrected chi connectivity index (χ3v) is 5.59. The first kappa shape index (κ1) is 20.9. The van der Waals surface area contributed by atoms with E-state index >= 15 is 0 Å². The topological polar surface area (TPSA) is 75.7 Å². The molecule has 1 heterocycles. The van der Waals surface area contributed by atoms with Gasteiger partial charge in [0.2, 0.25) is 5.91 Å². The number of nitrogens with one attached hydrogen (secondary N) is 1. The second-order valence-electron chi connectivity index (χ2n) is 7.06. The van der Waals surface area contributed by atoms with Crippen molar-refractivity contribution in [1.29, 1.82) is 0 Å². The Bertz CT molecular complexity index is 893. The Hall–Kier alpha value is -2.86. The monoisotopic (exact) mass is 414 g/mol. The van der Waals surface area contributed by atoms with E-state index in [4.69, 9.17) is 16.3 Å². The second-order valence-corrected chi connectivity index (χ2v) is 7.47. The van der Waals surface area contributed by atoms with Gasteiger partial charge in [-0.05, 0) is 30.5 Å². The molecule has 2 aromatic rings. The molecule has 2 aromatic carbocycles. The average molecular weight is 415 g/mol. The molecule has 0 atom stereocenters. The van der Waals surface area contributed by atoms with E-state index in [9.17, 15) is 14.4 Å². The molecule has 0 bridgehead atoms. The van der Waals surface area contributed by atoms with Crippen molar-refractivity contribution in [1.82, 2.24) is 4.90 Å². The number of carbonyl (C=O) groups is 3. The maximum Gasteiger partial charge on any atom is 0.317 e. The fraction of sp³-hybridized carbons (Fsp3) is 0.318. The number of amides is 2. The van der Waals surface area contributed by atoms with Gasteiger partial charge in [-0.25, -0.2) is 0 Å². The Balaban J connectivity index is 1.70. The van der Waals surface area contributed by atoms with E-state index in [1.807, 2.05) is 30.3 Å². The first-order chi connectivity index (χ1) is 13.9. The van der Waals surface area contributed by atoms with Crippen LogP contribution in [0.15, 0.2) is 54.6 Å². The number of hydrogen-bond acceptors (Lipinski definition) is 4. The number of hydrogen-bond donors (Lipinski definition) is 1. The third-order valence-electron chi connectivity index (χ3n) is 5.26. The first-order valence-corrected chi connectivity index (χ1v) is 9.83. The molecule has 2 amide bonds. The van der Waals surface area contributed by atoms with E-state index in [0.29, 0.717) is 36.6 Å². The molecule has 0 spiro atoms. The summed E-state index contributed by atoms with van der Waals surface area (Å²) in [4.78, 5) is 38.7. The number of likely N-dealkylation sites (tertiary alicyclic amines) is 1. The van der Waals surface area contributed by atoms with Crippen LogP contribution >= 0.6 is 11.6 Å². The van der Waals surface area contributed by atoms with Crippen molar-refractivity contribution in [3.05, 3.63) is 65.2 Å². The molecule has 0 aromatic heterocycles. The van der Waals surface area contributed by atoms with Gasteiger partial charge < -0.3 is 15.0 Å². The van der Waals surface area contributed by atoms with Crippen molar-refractivity contribution in [2.75, 3.05) is 25.0 Å². The maximum absolute atomic E-state index is 13.1. The smallest absolute Gasteiger partial charge is 0.317 e. The minimum Gasteiger partial charge on any atom is -0.455 e. The Labute approximate surface area is 174 Å². The lowest BCUT2D eigenvalue weighted by molar-refractivity contribution is -0.156. The molecule has 3 rings (SSSR count). The molecule has 7 heteroatoms. The number of nitrogens with zero attached hydrogens (tertiary/aromatic N) is 1. The lowest BCUT2D eigenvalue weighted by Gasteiger charge is -2.40. The summed E-state index contributed by atoms with van der Waals surface area (Å²) < 4.78 is 5.41. The van der Waals surface area contributed by atoms with Crippen LogP contribution in [0.4, 0.5) is 5.69 Å².